The van der Waals surface area contributed by atoms with E-state index in [9.17, 15) is 14.4 Å². The second-order valence-electron chi connectivity index (χ2n) is 8.37. The van der Waals surface area contributed by atoms with Crippen LogP contribution in [-0.4, -0.2) is 40.7 Å². The SMILES string of the molecule is CCC[C@H](CC(=O)NCc1ocnc1C(=O)O)NC(=O)OCC1c2ccccc2-c2ccccc21. The summed E-state index contributed by atoms with van der Waals surface area (Å²) in [5.41, 5.74) is 4.30. The summed E-state index contributed by atoms with van der Waals surface area (Å²) >= 11 is 0. The Hall–Kier alpha value is -4.14. The van der Waals surface area contributed by atoms with Crippen LogP contribution in [0.15, 0.2) is 59.3 Å². The van der Waals surface area contributed by atoms with Crippen molar-refractivity contribution in [1.82, 2.24) is 15.6 Å². The van der Waals surface area contributed by atoms with Gasteiger partial charge in [0.1, 0.15) is 6.61 Å². The first kappa shape index (κ1) is 24.0. The normalized spacial score (nSPS) is 12.9. The molecular weight excluding hydrogens is 450 g/mol. The fourth-order valence-corrected chi connectivity index (χ4v) is 4.43. The van der Waals surface area contributed by atoms with E-state index in [1.54, 1.807) is 0 Å². The van der Waals surface area contributed by atoms with Gasteiger partial charge in [-0.25, -0.2) is 14.6 Å². The maximum Gasteiger partial charge on any atom is 0.407 e. The van der Waals surface area contributed by atoms with Crippen LogP contribution in [0.25, 0.3) is 11.1 Å². The Morgan fingerprint density at radius 1 is 1.09 bits per heavy atom. The van der Waals surface area contributed by atoms with Crippen molar-refractivity contribution in [2.75, 3.05) is 6.61 Å². The zero-order valence-electron chi connectivity index (χ0n) is 19.3. The fraction of sp³-hybridized carbons (Fsp3) is 0.308. The van der Waals surface area contributed by atoms with E-state index in [2.05, 4.69) is 39.9 Å². The quantitative estimate of drug-likeness (QED) is 0.401. The lowest BCUT2D eigenvalue weighted by Crippen LogP contribution is -2.39. The minimum atomic E-state index is -1.23. The van der Waals surface area contributed by atoms with Gasteiger partial charge in [-0.1, -0.05) is 61.9 Å². The third-order valence-electron chi connectivity index (χ3n) is 6.02. The van der Waals surface area contributed by atoms with Gasteiger partial charge in [0.2, 0.25) is 5.91 Å². The molecule has 35 heavy (non-hydrogen) atoms. The van der Waals surface area contributed by atoms with Crippen LogP contribution < -0.4 is 10.6 Å². The van der Waals surface area contributed by atoms with E-state index >= 15 is 0 Å². The van der Waals surface area contributed by atoms with Gasteiger partial charge in [-0.05, 0) is 28.7 Å². The Labute approximate surface area is 202 Å². The number of rotatable bonds is 10. The molecule has 3 N–H and O–H groups in total. The highest BCUT2D eigenvalue weighted by molar-refractivity contribution is 5.86. The van der Waals surface area contributed by atoms with Gasteiger partial charge in [0, 0.05) is 18.4 Å². The van der Waals surface area contributed by atoms with Crippen LogP contribution in [0.3, 0.4) is 0 Å². The van der Waals surface area contributed by atoms with Crippen molar-refractivity contribution in [3.63, 3.8) is 0 Å². The molecule has 0 fully saturated rings. The summed E-state index contributed by atoms with van der Waals surface area (Å²) in [7, 11) is 0. The third-order valence-corrected chi connectivity index (χ3v) is 6.02. The number of carboxylic acids is 1. The van der Waals surface area contributed by atoms with Gasteiger partial charge >= 0.3 is 12.1 Å². The van der Waals surface area contributed by atoms with Gasteiger partial charge in [-0.2, -0.15) is 0 Å². The molecule has 0 unspecified atom stereocenters. The number of nitrogens with zero attached hydrogens (tertiary/aromatic N) is 1. The second-order valence-corrected chi connectivity index (χ2v) is 8.37. The Kier molecular flexibility index (Phi) is 7.45. The highest BCUT2D eigenvalue weighted by atomic mass is 16.5. The van der Waals surface area contributed by atoms with E-state index in [0.717, 1.165) is 35.1 Å². The number of carbonyl (C=O) groups is 3. The fourth-order valence-electron chi connectivity index (χ4n) is 4.43. The van der Waals surface area contributed by atoms with E-state index in [4.69, 9.17) is 14.3 Å². The topological polar surface area (TPSA) is 131 Å². The molecule has 0 aliphatic heterocycles. The van der Waals surface area contributed by atoms with Crippen LogP contribution in [0.1, 0.15) is 59.5 Å². The van der Waals surface area contributed by atoms with Crippen LogP contribution >= 0.6 is 0 Å². The van der Waals surface area contributed by atoms with Crippen molar-refractivity contribution < 1.29 is 28.6 Å². The smallest absolute Gasteiger partial charge is 0.407 e. The number of ether oxygens (including phenoxy) is 1. The second kappa shape index (κ2) is 10.9. The molecule has 9 heteroatoms. The molecule has 1 heterocycles. The summed E-state index contributed by atoms with van der Waals surface area (Å²) in [5.74, 6) is -1.58. The molecule has 1 aliphatic carbocycles. The summed E-state index contributed by atoms with van der Waals surface area (Å²) in [4.78, 5) is 39.7. The number of alkyl carbamates (subject to hydrolysis) is 1. The van der Waals surface area contributed by atoms with E-state index in [1.807, 2.05) is 31.2 Å². The van der Waals surface area contributed by atoms with Crippen molar-refractivity contribution in [1.29, 1.82) is 0 Å². The number of aromatic nitrogens is 1. The number of oxazole rings is 1. The molecule has 0 radical (unpaired) electrons. The summed E-state index contributed by atoms with van der Waals surface area (Å²) in [6.07, 6.45) is 1.80. The van der Waals surface area contributed by atoms with E-state index in [1.165, 1.54) is 0 Å². The summed E-state index contributed by atoms with van der Waals surface area (Å²) in [5, 5.41) is 14.5. The van der Waals surface area contributed by atoms with Crippen molar-refractivity contribution >= 4 is 18.0 Å². The lowest BCUT2D eigenvalue weighted by atomic mass is 9.98. The first-order valence-corrected chi connectivity index (χ1v) is 11.5. The Morgan fingerprint density at radius 2 is 1.74 bits per heavy atom. The highest BCUT2D eigenvalue weighted by Gasteiger charge is 2.29. The molecule has 0 saturated heterocycles. The number of fused-ring (bicyclic) bond motifs is 3. The molecule has 1 aromatic heterocycles. The molecule has 1 aliphatic rings. The van der Waals surface area contributed by atoms with Crippen LogP contribution in [0.2, 0.25) is 0 Å². The lowest BCUT2D eigenvalue weighted by Gasteiger charge is -2.19. The zero-order chi connectivity index (χ0) is 24.8. The van der Waals surface area contributed by atoms with Crippen molar-refractivity contribution in [2.24, 2.45) is 0 Å². The van der Waals surface area contributed by atoms with E-state index in [-0.39, 0.29) is 42.9 Å². The predicted molar refractivity (Wildman–Crippen MR) is 127 cm³/mol. The molecule has 2 amide bonds. The highest BCUT2D eigenvalue weighted by Crippen LogP contribution is 2.44. The zero-order valence-corrected chi connectivity index (χ0v) is 19.3. The molecule has 1 atom stereocenters. The number of hydrogen-bond donors (Lipinski definition) is 3. The van der Waals surface area contributed by atoms with Gasteiger partial charge in [0.15, 0.2) is 17.8 Å². The number of aromatic carboxylic acids is 1. The minimum Gasteiger partial charge on any atom is -0.476 e. The van der Waals surface area contributed by atoms with Gasteiger partial charge in [-0.3, -0.25) is 4.79 Å². The van der Waals surface area contributed by atoms with Crippen LogP contribution in [0, 0.1) is 0 Å². The van der Waals surface area contributed by atoms with Gasteiger partial charge in [-0.15, -0.1) is 0 Å². The van der Waals surface area contributed by atoms with E-state index in [0.29, 0.717) is 6.42 Å². The molecule has 182 valence electrons. The predicted octanol–water partition coefficient (Wildman–Crippen LogP) is 4.09. The van der Waals surface area contributed by atoms with Crippen LogP contribution in [0.4, 0.5) is 4.79 Å². The monoisotopic (exact) mass is 477 g/mol. The minimum absolute atomic E-state index is 0.0224. The molecule has 9 nitrogen and oxygen atoms in total. The number of benzene rings is 2. The number of carbonyl (C=O) groups excluding carboxylic acids is 2. The number of hydrogen-bond acceptors (Lipinski definition) is 6. The maximum atomic E-state index is 12.6. The molecule has 0 spiro atoms. The van der Waals surface area contributed by atoms with Crippen molar-refractivity contribution in [2.45, 2.75) is 44.7 Å². The van der Waals surface area contributed by atoms with Crippen molar-refractivity contribution in [3.05, 3.63) is 77.5 Å². The number of nitrogens with one attached hydrogen (secondary N) is 2. The maximum absolute atomic E-state index is 12.6. The average Bonchev–Trinajstić information content (AvgIpc) is 3.44. The Morgan fingerprint density at radius 3 is 2.37 bits per heavy atom. The number of amides is 2. The van der Waals surface area contributed by atoms with Gasteiger partial charge < -0.3 is 24.9 Å². The largest absolute Gasteiger partial charge is 0.476 e. The molecule has 0 bridgehead atoms. The Balaban J connectivity index is 1.32. The molecule has 3 aromatic rings. The Bertz CT molecular complexity index is 1180. The first-order chi connectivity index (χ1) is 17.0. The standard InChI is InChI=1S/C26H27N3O6/c1-2-7-16(12-23(30)27-13-22-24(25(31)32)28-15-35-22)29-26(33)34-14-21-19-10-5-3-8-17(19)18-9-4-6-11-20(18)21/h3-6,8-11,15-16,21H,2,7,12-14H2,1H3,(H,27,30)(H,29,33)(H,31,32)/t16-/m1/s1. The lowest BCUT2D eigenvalue weighted by molar-refractivity contribution is -0.121. The molecule has 4 rings (SSSR count). The van der Waals surface area contributed by atoms with Crippen molar-refractivity contribution in [3.8, 4) is 11.1 Å². The average molecular weight is 478 g/mol. The van der Waals surface area contributed by atoms with Gasteiger partial charge in [0.25, 0.3) is 0 Å². The van der Waals surface area contributed by atoms with Gasteiger partial charge in [0.05, 0.1) is 6.54 Å². The molecule has 2 aromatic carbocycles. The summed E-state index contributed by atoms with van der Waals surface area (Å²) in [6, 6.07) is 15.8. The van der Waals surface area contributed by atoms with E-state index < -0.39 is 18.1 Å². The third kappa shape index (κ3) is 5.51. The van der Waals surface area contributed by atoms with Crippen LogP contribution in [-0.2, 0) is 16.1 Å². The summed E-state index contributed by atoms with van der Waals surface area (Å²) < 4.78 is 10.6. The van der Waals surface area contributed by atoms with Crippen LogP contribution in [0.5, 0.6) is 0 Å². The first-order valence-electron chi connectivity index (χ1n) is 11.5. The molecule has 0 saturated carbocycles. The number of carboxylic acid groups (broad SMARTS) is 1. The molecular formula is C26H27N3O6. The summed E-state index contributed by atoms with van der Waals surface area (Å²) in [6.45, 7) is 2.04.